The van der Waals surface area contributed by atoms with Gasteiger partial charge in [-0.1, -0.05) is 42.8 Å². The Hall–Kier alpha value is -4.06. The van der Waals surface area contributed by atoms with Gasteiger partial charge in [-0.05, 0) is 61.2 Å². The third-order valence-corrected chi connectivity index (χ3v) is 5.99. The quantitative estimate of drug-likeness (QED) is 0.490. The van der Waals surface area contributed by atoms with Crippen molar-refractivity contribution in [2.45, 2.75) is 27.2 Å². The molecule has 1 N–H and O–H groups in total. The van der Waals surface area contributed by atoms with Gasteiger partial charge >= 0.3 is 0 Å². The lowest BCUT2D eigenvalue weighted by Crippen LogP contribution is -2.32. The first kappa shape index (κ1) is 23.1. The number of hydrogen-bond donors (Lipinski definition) is 1. The van der Waals surface area contributed by atoms with Gasteiger partial charge in [0.25, 0.3) is 11.8 Å². The van der Waals surface area contributed by atoms with E-state index in [9.17, 15) is 9.59 Å². The predicted octanol–water partition coefficient (Wildman–Crippen LogP) is 5.28. The fourth-order valence-corrected chi connectivity index (χ4v) is 4.16. The lowest BCUT2D eigenvalue weighted by molar-refractivity contribution is -0.120. The zero-order valence-corrected chi connectivity index (χ0v) is 20.1. The van der Waals surface area contributed by atoms with Gasteiger partial charge in [0.1, 0.15) is 5.70 Å². The molecule has 0 bridgehead atoms. The third kappa shape index (κ3) is 4.15. The van der Waals surface area contributed by atoms with E-state index in [1.165, 1.54) is 4.90 Å². The van der Waals surface area contributed by atoms with E-state index in [1.807, 2.05) is 56.3 Å². The molecule has 2 amide bonds. The van der Waals surface area contributed by atoms with Crippen LogP contribution in [0.5, 0.6) is 11.5 Å². The summed E-state index contributed by atoms with van der Waals surface area (Å²) in [4.78, 5) is 28.6. The van der Waals surface area contributed by atoms with Gasteiger partial charge < -0.3 is 14.8 Å². The number of hydrogen-bond acceptors (Lipinski definition) is 5. The number of carbonyl (C=O) groups excluding carboxylic acids is 2. The van der Waals surface area contributed by atoms with E-state index in [0.717, 1.165) is 28.7 Å². The Morgan fingerprint density at radius 1 is 0.824 bits per heavy atom. The summed E-state index contributed by atoms with van der Waals surface area (Å²) in [6.45, 7) is 6.00. The van der Waals surface area contributed by atoms with Gasteiger partial charge in [0, 0.05) is 11.8 Å². The van der Waals surface area contributed by atoms with Gasteiger partial charge in [0.05, 0.1) is 25.5 Å². The summed E-state index contributed by atoms with van der Waals surface area (Å²) < 4.78 is 10.7. The molecule has 34 heavy (non-hydrogen) atoms. The van der Waals surface area contributed by atoms with Crippen LogP contribution in [-0.2, 0) is 16.0 Å². The summed E-state index contributed by atoms with van der Waals surface area (Å²) in [5, 5.41) is 3.19. The molecule has 0 fully saturated rings. The highest BCUT2D eigenvalue weighted by atomic mass is 16.5. The van der Waals surface area contributed by atoms with Gasteiger partial charge in [-0.2, -0.15) is 0 Å². The molecule has 0 saturated heterocycles. The predicted molar refractivity (Wildman–Crippen MR) is 134 cm³/mol. The number of nitrogens with zero attached hydrogens (tertiary/aromatic N) is 1. The molecule has 6 nitrogen and oxygen atoms in total. The van der Waals surface area contributed by atoms with Crippen molar-refractivity contribution in [3.63, 3.8) is 0 Å². The summed E-state index contributed by atoms with van der Waals surface area (Å²) in [6, 6.07) is 18.6. The maximum atomic E-state index is 13.7. The van der Waals surface area contributed by atoms with Crippen molar-refractivity contribution in [3.8, 4) is 11.5 Å². The number of methoxy groups -OCH3 is 2. The maximum absolute atomic E-state index is 13.7. The Morgan fingerprint density at radius 3 is 2.15 bits per heavy atom. The van der Waals surface area contributed by atoms with Crippen molar-refractivity contribution < 1.29 is 19.1 Å². The van der Waals surface area contributed by atoms with Gasteiger partial charge in [-0.25, -0.2) is 4.90 Å². The monoisotopic (exact) mass is 456 g/mol. The van der Waals surface area contributed by atoms with Crippen LogP contribution in [0.25, 0.3) is 5.57 Å². The number of amides is 2. The Morgan fingerprint density at radius 2 is 1.53 bits per heavy atom. The molecule has 1 aliphatic heterocycles. The number of aryl methyl sites for hydroxylation is 3. The molecule has 6 heteroatoms. The van der Waals surface area contributed by atoms with E-state index in [4.69, 9.17) is 9.47 Å². The Labute approximate surface area is 199 Å². The van der Waals surface area contributed by atoms with Gasteiger partial charge in [0.2, 0.25) is 0 Å². The number of imide groups is 1. The van der Waals surface area contributed by atoms with E-state index in [0.29, 0.717) is 28.4 Å². The highest BCUT2D eigenvalue weighted by Gasteiger charge is 2.40. The summed E-state index contributed by atoms with van der Waals surface area (Å²) in [5.41, 5.74) is 5.58. The van der Waals surface area contributed by atoms with E-state index < -0.39 is 5.91 Å². The van der Waals surface area contributed by atoms with Gasteiger partial charge in [-0.3, -0.25) is 9.59 Å². The molecule has 0 aromatic heterocycles. The van der Waals surface area contributed by atoms with E-state index in [1.54, 1.807) is 32.4 Å². The zero-order valence-electron chi connectivity index (χ0n) is 20.1. The molecule has 0 radical (unpaired) electrons. The molecule has 3 aromatic rings. The maximum Gasteiger partial charge on any atom is 0.282 e. The number of rotatable bonds is 7. The second-order valence-corrected chi connectivity index (χ2v) is 8.23. The number of benzene rings is 3. The number of ether oxygens (including phenoxy) is 2. The second-order valence-electron chi connectivity index (χ2n) is 8.23. The Kier molecular flexibility index (Phi) is 6.41. The summed E-state index contributed by atoms with van der Waals surface area (Å²) >= 11 is 0. The first-order chi connectivity index (χ1) is 16.4. The summed E-state index contributed by atoms with van der Waals surface area (Å²) in [5.74, 6) is 0.330. The fourth-order valence-electron chi connectivity index (χ4n) is 4.16. The standard InChI is InChI=1S/C28H28N2O4/c1-6-19-8-11-21(12-9-19)30-27(31)25(22-13-7-17(2)15-18(22)3)26(28(30)32)29-20-10-14-23(33-4)24(16-20)34-5/h7-16,29H,6H2,1-5H3. The van der Waals surface area contributed by atoms with Crippen LogP contribution in [0.1, 0.15) is 29.2 Å². The van der Waals surface area contributed by atoms with Crippen LogP contribution in [0.15, 0.2) is 66.4 Å². The normalized spacial score (nSPS) is 13.5. The molecule has 0 unspecified atom stereocenters. The SMILES string of the molecule is CCc1ccc(N2C(=O)C(Nc3ccc(OC)c(OC)c3)=C(c3ccc(C)cc3C)C2=O)cc1. The Balaban J connectivity index is 1.83. The van der Waals surface area contributed by atoms with E-state index in [-0.39, 0.29) is 11.6 Å². The van der Waals surface area contributed by atoms with Crippen molar-refractivity contribution in [2.24, 2.45) is 0 Å². The van der Waals surface area contributed by atoms with Crippen LogP contribution in [0.3, 0.4) is 0 Å². The van der Waals surface area contributed by atoms with Crippen LogP contribution in [0.2, 0.25) is 0 Å². The largest absolute Gasteiger partial charge is 0.493 e. The van der Waals surface area contributed by atoms with Crippen LogP contribution >= 0.6 is 0 Å². The molecule has 174 valence electrons. The molecule has 0 aliphatic carbocycles. The van der Waals surface area contributed by atoms with Crippen LogP contribution in [-0.4, -0.2) is 26.0 Å². The molecule has 0 spiro atoms. The average molecular weight is 457 g/mol. The molecule has 0 atom stereocenters. The minimum Gasteiger partial charge on any atom is -0.493 e. The second kappa shape index (κ2) is 9.43. The third-order valence-electron chi connectivity index (χ3n) is 5.99. The van der Waals surface area contributed by atoms with Crippen molar-refractivity contribution in [3.05, 3.63) is 88.6 Å². The van der Waals surface area contributed by atoms with E-state index in [2.05, 4.69) is 12.2 Å². The number of carbonyl (C=O) groups is 2. The highest BCUT2D eigenvalue weighted by molar-refractivity contribution is 6.46. The molecule has 1 heterocycles. The highest BCUT2D eigenvalue weighted by Crippen LogP contribution is 2.37. The number of anilines is 2. The van der Waals surface area contributed by atoms with Crippen LogP contribution in [0.4, 0.5) is 11.4 Å². The van der Waals surface area contributed by atoms with Crippen molar-refractivity contribution in [1.29, 1.82) is 0 Å². The average Bonchev–Trinajstić information content (AvgIpc) is 3.08. The minimum absolute atomic E-state index is 0.226. The smallest absolute Gasteiger partial charge is 0.282 e. The first-order valence-electron chi connectivity index (χ1n) is 11.2. The first-order valence-corrected chi connectivity index (χ1v) is 11.2. The molecule has 3 aromatic carbocycles. The number of nitrogens with one attached hydrogen (secondary N) is 1. The lowest BCUT2D eigenvalue weighted by Gasteiger charge is -2.16. The van der Waals surface area contributed by atoms with Gasteiger partial charge in [-0.15, -0.1) is 0 Å². The Bertz CT molecular complexity index is 1290. The van der Waals surface area contributed by atoms with Crippen molar-refractivity contribution in [1.82, 2.24) is 0 Å². The fraction of sp³-hybridized carbons (Fsp3) is 0.214. The molecule has 4 rings (SSSR count). The van der Waals surface area contributed by atoms with E-state index >= 15 is 0 Å². The minimum atomic E-state index is -0.404. The summed E-state index contributed by atoms with van der Waals surface area (Å²) in [7, 11) is 3.11. The lowest BCUT2D eigenvalue weighted by atomic mass is 9.97. The van der Waals surface area contributed by atoms with Gasteiger partial charge in [0.15, 0.2) is 11.5 Å². The summed E-state index contributed by atoms with van der Waals surface area (Å²) in [6.07, 6.45) is 0.875. The van der Waals surface area contributed by atoms with Crippen LogP contribution in [0, 0.1) is 13.8 Å². The van der Waals surface area contributed by atoms with Crippen molar-refractivity contribution in [2.75, 3.05) is 24.4 Å². The molecular weight excluding hydrogens is 428 g/mol. The van der Waals surface area contributed by atoms with Crippen molar-refractivity contribution >= 4 is 28.8 Å². The molecular formula is C28H28N2O4. The molecule has 1 aliphatic rings. The van der Waals surface area contributed by atoms with Crippen LogP contribution < -0.4 is 19.7 Å². The topological polar surface area (TPSA) is 67.9 Å². The zero-order chi connectivity index (χ0) is 24.4. The molecule has 0 saturated carbocycles.